The maximum absolute atomic E-state index is 11.9. The minimum atomic E-state index is -0.286. The summed E-state index contributed by atoms with van der Waals surface area (Å²) in [5.74, 6) is 0.369. The van der Waals surface area contributed by atoms with Crippen molar-refractivity contribution in [1.29, 1.82) is 0 Å². The molecule has 0 heterocycles. The van der Waals surface area contributed by atoms with E-state index >= 15 is 0 Å². The van der Waals surface area contributed by atoms with E-state index in [1.807, 2.05) is 31.2 Å². The van der Waals surface area contributed by atoms with Crippen molar-refractivity contribution in [3.8, 4) is 5.75 Å². The third-order valence-electron chi connectivity index (χ3n) is 3.31. The zero-order valence-corrected chi connectivity index (χ0v) is 13.4. The van der Waals surface area contributed by atoms with Crippen molar-refractivity contribution in [2.75, 3.05) is 17.7 Å². The first-order chi connectivity index (χ1) is 10.5. The van der Waals surface area contributed by atoms with E-state index in [9.17, 15) is 4.79 Å². The number of benzene rings is 2. The van der Waals surface area contributed by atoms with Gasteiger partial charge in [0.25, 0.3) is 5.91 Å². The van der Waals surface area contributed by atoms with Crippen molar-refractivity contribution in [1.82, 2.24) is 0 Å². The molecular formula is C17H19ClN2O2. The highest BCUT2D eigenvalue weighted by atomic mass is 35.5. The second-order valence-electron chi connectivity index (χ2n) is 5.02. The Morgan fingerprint density at radius 1 is 1.27 bits per heavy atom. The molecule has 0 spiro atoms. The molecule has 0 saturated carbocycles. The summed E-state index contributed by atoms with van der Waals surface area (Å²) in [5, 5.41) is 3.25. The molecule has 4 nitrogen and oxygen atoms in total. The Morgan fingerprint density at radius 3 is 2.59 bits per heavy atom. The number of ether oxygens (including phenoxy) is 1. The van der Waals surface area contributed by atoms with E-state index in [0.717, 1.165) is 12.0 Å². The number of nitrogens with one attached hydrogen (secondary N) is 1. The van der Waals surface area contributed by atoms with Crippen LogP contribution in [0.1, 0.15) is 18.1 Å². The summed E-state index contributed by atoms with van der Waals surface area (Å²) < 4.78 is 5.45. The zero-order chi connectivity index (χ0) is 16.1. The highest BCUT2D eigenvalue weighted by Crippen LogP contribution is 2.26. The fraction of sp³-hybridized carbons (Fsp3) is 0.235. The van der Waals surface area contributed by atoms with Crippen LogP contribution in [0.4, 0.5) is 11.4 Å². The second kappa shape index (κ2) is 7.18. The van der Waals surface area contributed by atoms with E-state index in [1.165, 1.54) is 5.56 Å². The Morgan fingerprint density at radius 2 is 1.95 bits per heavy atom. The molecule has 22 heavy (non-hydrogen) atoms. The van der Waals surface area contributed by atoms with Crippen LogP contribution < -0.4 is 15.8 Å². The molecule has 3 N–H and O–H groups in total. The SMILES string of the molecule is CCc1ccc(OCC(=O)Nc2cc(Cl)c(C)cc2N)cc1. The first-order valence-corrected chi connectivity index (χ1v) is 7.44. The Hall–Kier alpha value is -2.20. The number of hydrogen-bond acceptors (Lipinski definition) is 3. The van der Waals surface area contributed by atoms with Gasteiger partial charge < -0.3 is 15.8 Å². The van der Waals surface area contributed by atoms with Crippen LogP contribution in [0.3, 0.4) is 0 Å². The lowest BCUT2D eigenvalue weighted by Gasteiger charge is -2.11. The lowest BCUT2D eigenvalue weighted by Crippen LogP contribution is -2.20. The van der Waals surface area contributed by atoms with Crippen LogP contribution in [0, 0.1) is 6.92 Å². The van der Waals surface area contributed by atoms with Crippen LogP contribution in [-0.4, -0.2) is 12.5 Å². The number of anilines is 2. The second-order valence-corrected chi connectivity index (χ2v) is 5.43. The van der Waals surface area contributed by atoms with Crippen molar-refractivity contribution in [2.24, 2.45) is 0 Å². The molecule has 0 atom stereocenters. The first kappa shape index (κ1) is 16.2. The van der Waals surface area contributed by atoms with E-state index in [-0.39, 0.29) is 12.5 Å². The number of carbonyl (C=O) groups is 1. The van der Waals surface area contributed by atoms with Crippen molar-refractivity contribution in [3.05, 3.63) is 52.5 Å². The molecule has 0 bridgehead atoms. The number of nitrogen functional groups attached to an aromatic ring is 1. The van der Waals surface area contributed by atoms with Crippen molar-refractivity contribution < 1.29 is 9.53 Å². The fourth-order valence-corrected chi connectivity index (χ4v) is 2.13. The van der Waals surface area contributed by atoms with E-state index < -0.39 is 0 Å². The number of rotatable bonds is 5. The van der Waals surface area contributed by atoms with E-state index in [4.69, 9.17) is 22.1 Å². The summed E-state index contributed by atoms with van der Waals surface area (Å²) >= 11 is 6.03. The van der Waals surface area contributed by atoms with Gasteiger partial charge in [-0.15, -0.1) is 0 Å². The predicted octanol–water partition coefficient (Wildman–Crippen LogP) is 3.81. The third-order valence-corrected chi connectivity index (χ3v) is 3.71. The highest BCUT2D eigenvalue weighted by Gasteiger charge is 2.08. The number of amides is 1. The van der Waals surface area contributed by atoms with Gasteiger partial charge in [0.15, 0.2) is 6.61 Å². The maximum atomic E-state index is 11.9. The fourth-order valence-electron chi connectivity index (χ4n) is 1.97. The van der Waals surface area contributed by atoms with Gasteiger partial charge in [0.1, 0.15) is 5.75 Å². The van der Waals surface area contributed by atoms with Gasteiger partial charge in [0.05, 0.1) is 11.4 Å². The van der Waals surface area contributed by atoms with Gasteiger partial charge in [0.2, 0.25) is 0 Å². The lowest BCUT2D eigenvalue weighted by molar-refractivity contribution is -0.118. The number of aryl methyl sites for hydroxylation is 2. The monoisotopic (exact) mass is 318 g/mol. The molecule has 1 amide bonds. The Kier molecular flexibility index (Phi) is 5.28. The topological polar surface area (TPSA) is 64.3 Å². The summed E-state index contributed by atoms with van der Waals surface area (Å²) in [6, 6.07) is 11.0. The summed E-state index contributed by atoms with van der Waals surface area (Å²) in [7, 11) is 0. The Labute approximate surface area is 135 Å². The maximum Gasteiger partial charge on any atom is 0.262 e. The molecule has 0 aromatic heterocycles. The average molecular weight is 319 g/mol. The minimum Gasteiger partial charge on any atom is -0.484 e. The molecule has 2 aromatic rings. The van der Waals surface area contributed by atoms with Gasteiger partial charge in [-0.3, -0.25) is 4.79 Å². The van der Waals surface area contributed by atoms with Crippen LogP contribution in [0.2, 0.25) is 5.02 Å². The third kappa shape index (κ3) is 4.15. The standard InChI is InChI=1S/C17H19ClN2O2/c1-3-12-4-6-13(7-5-12)22-10-17(21)20-16-9-14(18)11(2)8-15(16)19/h4-9H,3,10,19H2,1-2H3,(H,20,21). The highest BCUT2D eigenvalue weighted by molar-refractivity contribution is 6.31. The number of halogens is 1. The van der Waals surface area contributed by atoms with Crippen molar-refractivity contribution in [2.45, 2.75) is 20.3 Å². The van der Waals surface area contributed by atoms with Crippen molar-refractivity contribution in [3.63, 3.8) is 0 Å². The van der Waals surface area contributed by atoms with Crippen LogP contribution in [0.25, 0.3) is 0 Å². The minimum absolute atomic E-state index is 0.0869. The van der Waals surface area contributed by atoms with Gasteiger partial charge >= 0.3 is 0 Å². The van der Waals surface area contributed by atoms with E-state index in [2.05, 4.69) is 12.2 Å². The summed E-state index contributed by atoms with van der Waals surface area (Å²) in [6.45, 7) is 3.85. The number of hydrogen-bond donors (Lipinski definition) is 2. The number of carbonyl (C=O) groups excluding carboxylic acids is 1. The molecule has 2 aromatic carbocycles. The van der Waals surface area contributed by atoms with Crippen LogP contribution >= 0.6 is 11.6 Å². The van der Waals surface area contributed by atoms with Crippen LogP contribution in [0.5, 0.6) is 5.75 Å². The smallest absolute Gasteiger partial charge is 0.262 e. The van der Waals surface area contributed by atoms with Gasteiger partial charge in [0, 0.05) is 5.02 Å². The van der Waals surface area contributed by atoms with E-state index in [0.29, 0.717) is 22.1 Å². The molecule has 0 aliphatic carbocycles. The molecule has 0 unspecified atom stereocenters. The quantitative estimate of drug-likeness (QED) is 0.824. The predicted molar refractivity (Wildman–Crippen MR) is 90.5 cm³/mol. The zero-order valence-electron chi connectivity index (χ0n) is 12.7. The number of nitrogens with two attached hydrogens (primary N) is 1. The van der Waals surface area contributed by atoms with Crippen LogP contribution in [-0.2, 0) is 11.2 Å². The molecule has 2 rings (SSSR count). The van der Waals surface area contributed by atoms with Gasteiger partial charge in [-0.2, -0.15) is 0 Å². The Balaban J connectivity index is 1.94. The summed E-state index contributed by atoms with van der Waals surface area (Å²) in [6.07, 6.45) is 0.966. The molecular weight excluding hydrogens is 300 g/mol. The summed E-state index contributed by atoms with van der Waals surface area (Å²) in [4.78, 5) is 11.9. The average Bonchev–Trinajstić information content (AvgIpc) is 2.51. The Bertz CT molecular complexity index is 669. The summed E-state index contributed by atoms with van der Waals surface area (Å²) in [5.41, 5.74) is 8.92. The van der Waals surface area contributed by atoms with Gasteiger partial charge in [-0.25, -0.2) is 0 Å². The van der Waals surface area contributed by atoms with E-state index in [1.54, 1.807) is 12.1 Å². The largest absolute Gasteiger partial charge is 0.484 e. The molecule has 0 fully saturated rings. The molecule has 0 radical (unpaired) electrons. The molecule has 0 saturated heterocycles. The van der Waals surface area contributed by atoms with Crippen LogP contribution in [0.15, 0.2) is 36.4 Å². The first-order valence-electron chi connectivity index (χ1n) is 7.06. The molecule has 0 aliphatic rings. The molecule has 5 heteroatoms. The molecule has 116 valence electrons. The molecule has 0 aliphatic heterocycles. The normalized spacial score (nSPS) is 10.3. The lowest BCUT2D eigenvalue weighted by atomic mass is 10.2. The van der Waals surface area contributed by atoms with Gasteiger partial charge in [-0.05, 0) is 48.7 Å². The van der Waals surface area contributed by atoms with Crippen molar-refractivity contribution >= 4 is 28.9 Å². The van der Waals surface area contributed by atoms with Gasteiger partial charge in [-0.1, -0.05) is 30.7 Å².